The van der Waals surface area contributed by atoms with Crippen LogP contribution in [0.25, 0.3) is 0 Å². The molecular formula is C27H45BClO8S. The molecule has 1 unspecified atom stereocenters. The van der Waals surface area contributed by atoms with Crippen LogP contribution in [0.15, 0.2) is 0 Å². The number of carbonyl (C=O) groups excluding carboxylic acids is 2. The van der Waals surface area contributed by atoms with Crippen molar-refractivity contribution in [3.63, 3.8) is 0 Å². The van der Waals surface area contributed by atoms with Crippen molar-refractivity contribution in [1.82, 2.24) is 0 Å². The monoisotopic (exact) mass is 577 g/mol. The molecule has 0 aromatic heterocycles. The van der Waals surface area contributed by atoms with E-state index in [1.54, 1.807) is 0 Å². The SMILES string of the molecule is [3H][B]SO[C@@H](CC(=O)O)CC(=O)O[C@@H](C[C@@H]1CCCC2(C[C@H](C)CC[C@H]2C(C)C)O1)C(C)(C)COC(=O)CCl. The topological polar surface area (TPSA) is 108 Å². The molecule has 217 valence electrons. The van der Waals surface area contributed by atoms with Crippen LogP contribution in [0.5, 0.6) is 0 Å². The van der Waals surface area contributed by atoms with Crippen LogP contribution in [-0.4, -0.2) is 67.8 Å². The highest BCUT2D eigenvalue weighted by molar-refractivity contribution is 8.15. The van der Waals surface area contributed by atoms with Gasteiger partial charge in [0.25, 0.3) is 0 Å². The second kappa shape index (κ2) is 15.1. The number of hydrogen-bond acceptors (Lipinski definition) is 8. The van der Waals surface area contributed by atoms with Gasteiger partial charge in [-0.15, -0.1) is 11.6 Å². The maximum absolute atomic E-state index is 13.0. The third-order valence-electron chi connectivity index (χ3n) is 8.00. The van der Waals surface area contributed by atoms with Crippen molar-refractivity contribution in [3.8, 4) is 0 Å². The van der Waals surface area contributed by atoms with Crippen LogP contribution in [0.3, 0.4) is 0 Å². The molecule has 8 nitrogen and oxygen atoms in total. The molecule has 1 aliphatic heterocycles. The molecular weight excluding hydrogens is 531 g/mol. The maximum atomic E-state index is 13.0. The molecule has 1 N–H and O–H groups in total. The number of alkyl halides is 1. The minimum atomic E-state index is -1.12. The third kappa shape index (κ3) is 9.90. The van der Waals surface area contributed by atoms with Gasteiger partial charge in [-0.2, -0.15) is 0 Å². The lowest BCUT2D eigenvalue weighted by Gasteiger charge is -2.52. The fraction of sp³-hybridized carbons (Fsp3) is 0.889. The summed E-state index contributed by atoms with van der Waals surface area (Å²) in [6.07, 6.45) is 4.25. The second-order valence-electron chi connectivity index (χ2n) is 12.0. The van der Waals surface area contributed by atoms with E-state index in [9.17, 15) is 19.5 Å². The number of esters is 2. The molecule has 2 fully saturated rings. The lowest BCUT2D eigenvalue weighted by Crippen LogP contribution is -2.53. The molecule has 2 aliphatic rings. The van der Waals surface area contributed by atoms with Gasteiger partial charge in [-0.3, -0.25) is 14.4 Å². The minimum Gasteiger partial charge on any atom is -0.481 e. The Morgan fingerprint density at radius 1 is 1.24 bits per heavy atom. The Balaban J connectivity index is 2.22. The zero-order chi connectivity index (χ0) is 29.2. The Morgan fingerprint density at radius 2 is 1.97 bits per heavy atom. The summed E-state index contributed by atoms with van der Waals surface area (Å²) in [4.78, 5) is 36.1. The summed E-state index contributed by atoms with van der Waals surface area (Å²) in [5.41, 5.74) is -0.946. The highest BCUT2D eigenvalue weighted by atomic mass is 35.5. The summed E-state index contributed by atoms with van der Waals surface area (Å²) in [7, 11) is 0.921. The van der Waals surface area contributed by atoms with E-state index in [0.717, 1.165) is 39.2 Å². The fourth-order valence-corrected chi connectivity index (χ4v) is 6.52. The highest BCUT2D eigenvalue weighted by Gasteiger charge is 2.49. The van der Waals surface area contributed by atoms with Gasteiger partial charge in [-0.25, -0.2) is 0 Å². The van der Waals surface area contributed by atoms with Gasteiger partial charge < -0.3 is 23.5 Å². The van der Waals surface area contributed by atoms with Crippen molar-refractivity contribution >= 4 is 48.5 Å². The lowest BCUT2D eigenvalue weighted by atomic mass is 9.64. The van der Waals surface area contributed by atoms with Crippen LogP contribution in [-0.2, 0) is 32.8 Å². The third-order valence-corrected chi connectivity index (χ3v) is 8.60. The van der Waals surface area contributed by atoms with E-state index < -0.39 is 42.0 Å². The number of carboxylic acids is 1. The Morgan fingerprint density at radius 3 is 2.61 bits per heavy atom. The largest absolute Gasteiger partial charge is 0.481 e. The van der Waals surface area contributed by atoms with Gasteiger partial charge in [0.05, 0.1) is 37.3 Å². The first kappa shape index (κ1) is 31.6. The lowest BCUT2D eigenvalue weighted by molar-refractivity contribution is -0.205. The van der Waals surface area contributed by atoms with E-state index in [-0.39, 0.29) is 30.6 Å². The Kier molecular flexibility index (Phi) is 12.6. The standard InChI is InChI=1S/C27H45BClO8S/c1-17(2)21-9-8-18(3)14-27(21)10-6-7-19(36-27)11-22(26(4,5)16-34-25(33)15-29)35-24(32)13-20(37-38-28)12-23(30)31/h17-22,28H,6-16H2,1-5H3,(H,30,31)/t18-,19+,20+,21+,22+,27?/m1/s1/i28T. The highest BCUT2D eigenvalue weighted by Crippen LogP contribution is 2.50. The maximum Gasteiger partial charge on any atom is 0.320 e. The van der Waals surface area contributed by atoms with Gasteiger partial charge in [-0.05, 0) is 51.2 Å². The van der Waals surface area contributed by atoms with E-state index in [4.69, 9.17) is 31.3 Å². The predicted octanol–water partition coefficient (Wildman–Crippen LogP) is 5.21. The van der Waals surface area contributed by atoms with Crippen molar-refractivity contribution in [2.24, 2.45) is 23.2 Å². The van der Waals surface area contributed by atoms with Crippen LogP contribution in [0, 0.1) is 23.2 Å². The van der Waals surface area contributed by atoms with Crippen LogP contribution in [0.1, 0.15) is 92.4 Å². The molecule has 1 radical (unpaired) electrons. The van der Waals surface area contributed by atoms with Crippen LogP contribution in [0.2, 0.25) is 0 Å². The molecule has 1 saturated heterocycles. The van der Waals surface area contributed by atoms with Gasteiger partial charge in [0.15, 0.2) is 0 Å². The molecule has 0 bridgehead atoms. The first-order valence-corrected chi connectivity index (χ1v) is 15.0. The van der Waals surface area contributed by atoms with Gasteiger partial charge in [-0.1, -0.05) is 52.9 Å². The smallest absolute Gasteiger partial charge is 0.320 e. The number of aliphatic carboxylic acids is 1. The van der Waals surface area contributed by atoms with Crippen molar-refractivity contribution in [1.29, 1.82) is 1.34 Å². The molecule has 38 heavy (non-hydrogen) atoms. The predicted molar refractivity (Wildman–Crippen MR) is 149 cm³/mol. The molecule has 0 aromatic rings. The van der Waals surface area contributed by atoms with Gasteiger partial charge in [0.2, 0.25) is 7.09 Å². The summed E-state index contributed by atoms with van der Waals surface area (Å²) >= 11 is 6.28. The molecule has 0 amide bonds. The molecule has 6 atom stereocenters. The summed E-state index contributed by atoms with van der Waals surface area (Å²) in [6, 6.07) is 0. The van der Waals surface area contributed by atoms with Crippen LogP contribution in [0.4, 0.5) is 0 Å². The zero-order valence-corrected chi connectivity index (χ0v) is 25.0. The summed E-state index contributed by atoms with van der Waals surface area (Å²) in [5, 5.41) is 9.19. The van der Waals surface area contributed by atoms with E-state index in [1.807, 2.05) is 13.8 Å². The summed E-state index contributed by atoms with van der Waals surface area (Å²) in [6.45, 7) is 10.5. The molecule has 1 spiro atoms. The first-order valence-electron chi connectivity index (χ1n) is 14.2. The number of carboxylic acid groups (broad SMARTS) is 1. The van der Waals surface area contributed by atoms with Crippen LogP contribution < -0.4 is 0 Å². The molecule has 0 aromatic carbocycles. The van der Waals surface area contributed by atoms with Gasteiger partial charge in [0, 0.05) is 11.8 Å². The number of halogens is 1. The van der Waals surface area contributed by atoms with Crippen molar-refractivity contribution in [3.05, 3.63) is 0 Å². The average molecular weight is 578 g/mol. The van der Waals surface area contributed by atoms with Crippen LogP contribution >= 0.6 is 23.5 Å². The Bertz CT molecular complexity index is 819. The van der Waals surface area contributed by atoms with Gasteiger partial charge >= 0.3 is 17.9 Å². The fourth-order valence-electron chi connectivity index (χ4n) is 6.15. The number of rotatable bonds is 15. The average Bonchev–Trinajstić information content (AvgIpc) is 2.84. The van der Waals surface area contributed by atoms with Crippen molar-refractivity contribution < 1.29 is 37.9 Å². The molecule has 11 heteroatoms. The second-order valence-corrected chi connectivity index (χ2v) is 12.7. The minimum absolute atomic E-state index is 0.00126. The molecule has 1 aliphatic carbocycles. The number of carbonyl (C=O) groups is 3. The normalized spacial score (nSPS) is 27.9. The molecule has 2 rings (SSSR count). The molecule has 1 saturated carbocycles. The van der Waals surface area contributed by atoms with E-state index in [0.29, 0.717) is 36.1 Å². The van der Waals surface area contributed by atoms with E-state index >= 15 is 0 Å². The Labute approximate surface area is 239 Å². The zero-order valence-electron chi connectivity index (χ0n) is 24.4. The van der Waals surface area contributed by atoms with E-state index in [1.165, 1.54) is 6.42 Å². The van der Waals surface area contributed by atoms with E-state index in [2.05, 4.69) is 20.8 Å². The molecule has 1 heterocycles. The summed E-state index contributed by atoms with van der Waals surface area (Å²) in [5.74, 6) is -1.02. The van der Waals surface area contributed by atoms with Crippen molar-refractivity contribution in [2.75, 3.05) is 12.5 Å². The Hall–Kier alpha value is -0.965. The first-order chi connectivity index (χ1) is 18.3. The number of ether oxygens (including phenoxy) is 3. The quantitative estimate of drug-likeness (QED) is 0.121. The summed E-state index contributed by atoms with van der Waals surface area (Å²) < 4.78 is 30.6. The van der Waals surface area contributed by atoms with Gasteiger partial charge in [0.1, 0.15) is 12.0 Å². The van der Waals surface area contributed by atoms with Crippen molar-refractivity contribution in [2.45, 2.75) is 116 Å². The number of hydrogen-bond donors (Lipinski definition) is 1.